The minimum Gasteiger partial charge on any atom is -0.377 e. The van der Waals surface area contributed by atoms with Gasteiger partial charge in [0.1, 0.15) is 5.82 Å². The maximum atomic E-state index is 11.3. The summed E-state index contributed by atoms with van der Waals surface area (Å²) in [5, 5.41) is 3.51. The Labute approximate surface area is 105 Å². The molecule has 0 radical (unpaired) electrons. The standard InChI is InChI=1S/C12H18N4O2/c17-12-5-11(14-8-15-12)16-3-4-18-7-10(16)6-13-9-1-2-9/h5,8-10,13H,1-4,6-7H2,(H,14,15,17). The molecule has 1 atom stereocenters. The molecule has 0 spiro atoms. The Morgan fingerprint density at radius 1 is 1.56 bits per heavy atom. The zero-order chi connectivity index (χ0) is 12.4. The molecule has 1 aliphatic heterocycles. The molecule has 2 N–H and O–H groups in total. The minimum absolute atomic E-state index is 0.111. The van der Waals surface area contributed by atoms with Gasteiger partial charge in [0.25, 0.3) is 5.56 Å². The third-order valence-corrected chi connectivity index (χ3v) is 3.41. The maximum absolute atomic E-state index is 11.3. The molecule has 6 nitrogen and oxygen atoms in total. The molecule has 0 aromatic carbocycles. The number of anilines is 1. The zero-order valence-electron chi connectivity index (χ0n) is 10.3. The van der Waals surface area contributed by atoms with Crippen LogP contribution in [0.5, 0.6) is 0 Å². The smallest absolute Gasteiger partial charge is 0.252 e. The summed E-state index contributed by atoms with van der Waals surface area (Å²) < 4.78 is 5.52. The van der Waals surface area contributed by atoms with E-state index in [4.69, 9.17) is 4.74 Å². The van der Waals surface area contributed by atoms with Crippen molar-refractivity contribution in [1.82, 2.24) is 15.3 Å². The van der Waals surface area contributed by atoms with E-state index >= 15 is 0 Å². The number of H-pyrrole nitrogens is 1. The third kappa shape index (κ3) is 2.70. The highest BCUT2D eigenvalue weighted by atomic mass is 16.5. The number of ether oxygens (including phenoxy) is 1. The van der Waals surface area contributed by atoms with Crippen LogP contribution in [0.15, 0.2) is 17.2 Å². The summed E-state index contributed by atoms with van der Waals surface area (Å²) in [7, 11) is 0. The molecule has 18 heavy (non-hydrogen) atoms. The lowest BCUT2D eigenvalue weighted by Crippen LogP contribution is -2.51. The fourth-order valence-corrected chi connectivity index (χ4v) is 2.23. The van der Waals surface area contributed by atoms with E-state index in [-0.39, 0.29) is 11.6 Å². The molecule has 98 valence electrons. The summed E-state index contributed by atoms with van der Waals surface area (Å²) in [5.74, 6) is 0.740. The van der Waals surface area contributed by atoms with Crippen LogP contribution in [0, 0.1) is 0 Å². The second-order valence-electron chi connectivity index (χ2n) is 4.87. The summed E-state index contributed by atoms with van der Waals surface area (Å²) >= 11 is 0. The van der Waals surface area contributed by atoms with E-state index < -0.39 is 0 Å². The molecule has 6 heteroatoms. The molecule has 1 saturated carbocycles. The van der Waals surface area contributed by atoms with Crippen LogP contribution in [-0.2, 0) is 4.74 Å². The van der Waals surface area contributed by atoms with Gasteiger partial charge < -0.3 is 19.9 Å². The second kappa shape index (κ2) is 5.07. The lowest BCUT2D eigenvalue weighted by atomic mass is 10.2. The molecule has 2 heterocycles. The highest BCUT2D eigenvalue weighted by Crippen LogP contribution is 2.20. The number of nitrogens with one attached hydrogen (secondary N) is 2. The fraction of sp³-hybridized carbons (Fsp3) is 0.667. The fourth-order valence-electron chi connectivity index (χ4n) is 2.23. The van der Waals surface area contributed by atoms with Crippen molar-refractivity contribution in [2.45, 2.75) is 24.9 Å². The van der Waals surface area contributed by atoms with Gasteiger partial charge in [0.2, 0.25) is 0 Å². The number of nitrogens with zero attached hydrogens (tertiary/aromatic N) is 2. The Morgan fingerprint density at radius 3 is 3.22 bits per heavy atom. The van der Waals surface area contributed by atoms with Gasteiger partial charge in [0, 0.05) is 25.2 Å². The number of aromatic nitrogens is 2. The molecule has 0 amide bonds. The number of rotatable bonds is 4. The van der Waals surface area contributed by atoms with Gasteiger partial charge in [0.05, 0.1) is 25.6 Å². The molecule has 1 aromatic rings. The molecule has 1 aliphatic carbocycles. The van der Waals surface area contributed by atoms with Gasteiger partial charge in [-0.25, -0.2) is 4.98 Å². The van der Waals surface area contributed by atoms with E-state index in [0.717, 1.165) is 18.9 Å². The highest BCUT2D eigenvalue weighted by molar-refractivity contribution is 5.38. The van der Waals surface area contributed by atoms with Crippen molar-refractivity contribution >= 4 is 5.82 Å². The van der Waals surface area contributed by atoms with Crippen LogP contribution in [0.2, 0.25) is 0 Å². The van der Waals surface area contributed by atoms with Crippen molar-refractivity contribution in [2.75, 3.05) is 31.2 Å². The number of hydrogen-bond acceptors (Lipinski definition) is 5. The largest absolute Gasteiger partial charge is 0.377 e. The summed E-state index contributed by atoms with van der Waals surface area (Å²) in [6, 6.07) is 2.49. The monoisotopic (exact) mass is 250 g/mol. The molecule has 2 aliphatic rings. The first-order chi connectivity index (χ1) is 8.83. The van der Waals surface area contributed by atoms with E-state index in [1.54, 1.807) is 6.07 Å². The van der Waals surface area contributed by atoms with Crippen molar-refractivity contribution in [3.63, 3.8) is 0 Å². The topological polar surface area (TPSA) is 70.2 Å². The normalized spacial score (nSPS) is 24.2. The Morgan fingerprint density at radius 2 is 2.44 bits per heavy atom. The van der Waals surface area contributed by atoms with Crippen molar-refractivity contribution < 1.29 is 4.74 Å². The first-order valence-electron chi connectivity index (χ1n) is 6.45. The van der Waals surface area contributed by atoms with Crippen molar-refractivity contribution in [2.24, 2.45) is 0 Å². The van der Waals surface area contributed by atoms with E-state index in [1.165, 1.54) is 19.2 Å². The first-order valence-corrected chi connectivity index (χ1v) is 6.45. The lowest BCUT2D eigenvalue weighted by Gasteiger charge is -2.36. The number of hydrogen-bond donors (Lipinski definition) is 2. The molecule has 2 fully saturated rings. The molecule has 1 aromatic heterocycles. The van der Waals surface area contributed by atoms with E-state index in [1.807, 2.05) is 0 Å². The van der Waals surface area contributed by atoms with Gasteiger partial charge in [-0.2, -0.15) is 0 Å². The van der Waals surface area contributed by atoms with Gasteiger partial charge in [-0.3, -0.25) is 4.79 Å². The molecule has 1 saturated heterocycles. The van der Waals surface area contributed by atoms with Crippen molar-refractivity contribution in [3.05, 3.63) is 22.7 Å². The van der Waals surface area contributed by atoms with Gasteiger partial charge in [-0.1, -0.05) is 0 Å². The van der Waals surface area contributed by atoms with Crippen LogP contribution in [0.1, 0.15) is 12.8 Å². The van der Waals surface area contributed by atoms with Crippen LogP contribution < -0.4 is 15.8 Å². The second-order valence-corrected chi connectivity index (χ2v) is 4.87. The van der Waals surface area contributed by atoms with Gasteiger partial charge in [-0.05, 0) is 12.8 Å². The van der Waals surface area contributed by atoms with Crippen molar-refractivity contribution in [3.8, 4) is 0 Å². The average molecular weight is 250 g/mol. The van der Waals surface area contributed by atoms with Crippen LogP contribution in [0.3, 0.4) is 0 Å². The maximum Gasteiger partial charge on any atom is 0.252 e. The predicted octanol–water partition coefficient (Wildman–Crippen LogP) is -0.273. The van der Waals surface area contributed by atoms with Crippen LogP contribution in [0.4, 0.5) is 5.82 Å². The van der Waals surface area contributed by atoms with E-state index in [0.29, 0.717) is 19.3 Å². The Balaban J connectivity index is 1.71. The average Bonchev–Trinajstić information content (AvgIpc) is 3.21. The molecular formula is C12H18N4O2. The van der Waals surface area contributed by atoms with Gasteiger partial charge >= 0.3 is 0 Å². The van der Waals surface area contributed by atoms with Crippen LogP contribution >= 0.6 is 0 Å². The lowest BCUT2D eigenvalue weighted by molar-refractivity contribution is 0.0932. The first kappa shape index (κ1) is 11.7. The Bertz CT molecular complexity index is 457. The SMILES string of the molecule is O=c1cc(N2CCOCC2CNC2CC2)nc[nH]1. The van der Waals surface area contributed by atoms with E-state index in [9.17, 15) is 4.79 Å². The summed E-state index contributed by atoms with van der Waals surface area (Å²) in [6.07, 6.45) is 4.01. The Hall–Kier alpha value is -1.40. The molecule has 1 unspecified atom stereocenters. The summed E-state index contributed by atoms with van der Waals surface area (Å²) in [4.78, 5) is 20.3. The summed E-state index contributed by atoms with van der Waals surface area (Å²) in [6.45, 7) is 3.05. The molecule has 3 rings (SSSR count). The van der Waals surface area contributed by atoms with Crippen molar-refractivity contribution in [1.29, 1.82) is 0 Å². The Kier molecular flexibility index (Phi) is 3.29. The molecule has 0 bridgehead atoms. The van der Waals surface area contributed by atoms with Gasteiger partial charge in [0.15, 0.2) is 0 Å². The molecular weight excluding hydrogens is 232 g/mol. The van der Waals surface area contributed by atoms with Gasteiger partial charge in [-0.15, -0.1) is 0 Å². The zero-order valence-corrected chi connectivity index (χ0v) is 10.3. The minimum atomic E-state index is -0.111. The number of aromatic amines is 1. The van der Waals surface area contributed by atoms with Crippen LogP contribution in [-0.4, -0.2) is 48.4 Å². The number of morpholine rings is 1. The highest BCUT2D eigenvalue weighted by Gasteiger charge is 2.27. The predicted molar refractivity (Wildman–Crippen MR) is 67.8 cm³/mol. The summed E-state index contributed by atoms with van der Waals surface area (Å²) in [5.41, 5.74) is -0.111. The van der Waals surface area contributed by atoms with E-state index in [2.05, 4.69) is 20.2 Å². The third-order valence-electron chi connectivity index (χ3n) is 3.41. The quantitative estimate of drug-likeness (QED) is 0.769. The van der Waals surface area contributed by atoms with Crippen LogP contribution in [0.25, 0.3) is 0 Å².